The van der Waals surface area contributed by atoms with Crippen molar-refractivity contribution in [3.05, 3.63) is 46.1 Å². The molecule has 3 rings (SSSR count). The molecular weight excluding hydrogens is 376 g/mol. The van der Waals surface area contributed by atoms with Gasteiger partial charge in [0.1, 0.15) is 10.0 Å². The monoisotopic (exact) mass is 386 g/mol. The van der Waals surface area contributed by atoms with Crippen LogP contribution in [0.1, 0.15) is 5.82 Å². The van der Waals surface area contributed by atoms with E-state index in [0.29, 0.717) is 10.9 Å². The molecule has 1 N–H and O–H groups in total. The van der Waals surface area contributed by atoms with Gasteiger partial charge in [0.15, 0.2) is 5.65 Å². The number of nitrogens with one attached hydrogen (secondary N) is 1. The number of hydrogen-bond acceptors (Lipinski definition) is 5. The van der Waals surface area contributed by atoms with Gasteiger partial charge in [-0.25, -0.2) is 13.1 Å². The maximum Gasteiger partial charge on any atom is 0.251 e. The molecule has 0 unspecified atom stereocenters. The highest BCUT2D eigenvalue weighted by Gasteiger charge is 2.18. The predicted molar refractivity (Wildman–Crippen MR) is 83.9 cm³/mol. The number of halogens is 1. The van der Waals surface area contributed by atoms with E-state index in [-0.39, 0.29) is 10.8 Å². The van der Waals surface area contributed by atoms with Crippen LogP contribution in [0.25, 0.3) is 5.65 Å². The summed E-state index contributed by atoms with van der Waals surface area (Å²) in [5.41, 5.74) is 0.747. The highest BCUT2D eigenvalue weighted by atomic mass is 79.9. The number of aromatic nitrogens is 3. The lowest BCUT2D eigenvalue weighted by atomic mass is 10.4. The maximum absolute atomic E-state index is 12.1. The average Bonchev–Trinajstić information content (AvgIpc) is 3.06. The molecule has 3 aromatic heterocycles. The zero-order valence-electron chi connectivity index (χ0n) is 10.7. The van der Waals surface area contributed by atoms with Crippen molar-refractivity contribution in [2.45, 2.75) is 10.6 Å². The summed E-state index contributed by atoms with van der Waals surface area (Å²) < 4.78 is 29.5. The van der Waals surface area contributed by atoms with Crippen LogP contribution in [0, 0.1) is 0 Å². The quantitative estimate of drug-likeness (QED) is 0.727. The fraction of sp³-hybridized carbons (Fsp3) is 0.167. The molecule has 0 amide bonds. The summed E-state index contributed by atoms with van der Waals surface area (Å²) in [4.78, 5) is 0. The van der Waals surface area contributed by atoms with Crippen LogP contribution in [-0.2, 0) is 16.4 Å². The molecular formula is C12H11BrN4O2S2. The van der Waals surface area contributed by atoms with Crippen LogP contribution in [-0.4, -0.2) is 29.6 Å². The molecule has 3 heterocycles. The van der Waals surface area contributed by atoms with E-state index < -0.39 is 10.0 Å². The number of thiophene rings is 1. The summed E-state index contributed by atoms with van der Waals surface area (Å²) >= 11 is 4.41. The van der Waals surface area contributed by atoms with Gasteiger partial charge in [-0.05, 0) is 39.5 Å². The standard InChI is InChI=1S/C12H11BrN4O2S2/c13-9-5-8-20-12(9)21(18,19)14-6-4-11-16-15-10-3-1-2-7-17(10)11/h1-3,5,7-8,14H,4,6H2. The minimum atomic E-state index is -3.49. The van der Waals surface area contributed by atoms with Crippen LogP contribution < -0.4 is 4.72 Å². The van der Waals surface area contributed by atoms with Crippen LogP contribution in [0.4, 0.5) is 0 Å². The molecule has 0 aliphatic heterocycles. The first-order valence-corrected chi connectivity index (χ1v) is 9.25. The van der Waals surface area contributed by atoms with Gasteiger partial charge in [-0.1, -0.05) is 6.07 Å². The van der Waals surface area contributed by atoms with Crippen molar-refractivity contribution in [2.75, 3.05) is 6.54 Å². The van der Waals surface area contributed by atoms with E-state index in [1.807, 2.05) is 28.8 Å². The maximum atomic E-state index is 12.1. The molecule has 110 valence electrons. The number of pyridine rings is 1. The lowest BCUT2D eigenvalue weighted by Gasteiger charge is -2.04. The van der Waals surface area contributed by atoms with Gasteiger partial charge in [0.25, 0.3) is 10.0 Å². The van der Waals surface area contributed by atoms with Gasteiger partial charge >= 0.3 is 0 Å². The minimum absolute atomic E-state index is 0.266. The fourth-order valence-electron chi connectivity index (χ4n) is 1.90. The van der Waals surface area contributed by atoms with Crippen LogP contribution in [0.5, 0.6) is 0 Å². The Hall–Kier alpha value is -1.29. The minimum Gasteiger partial charge on any atom is -0.286 e. The summed E-state index contributed by atoms with van der Waals surface area (Å²) in [6, 6.07) is 7.33. The first-order valence-electron chi connectivity index (χ1n) is 6.09. The predicted octanol–water partition coefficient (Wildman–Crippen LogP) is 2.07. The Labute approximate surface area is 134 Å². The second kappa shape index (κ2) is 5.84. The summed E-state index contributed by atoms with van der Waals surface area (Å²) in [6.45, 7) is 0.266. The van der Waals surface area contributed by atoms with Gasteiger partial charge < -0.3 is 0 Å². The van der Waals surface area contributed by atoms with Crippen molar-refractivity contribution < 1.29 is 8.42 Å². The molecule has 0 aliphatic rings. The lowest BCUT2D eigenvalue weighted by Crippen LogP contribution is -2.26. The van der Waals surface area contributed by atoms with E-state index in [1.165, 1.54) is 11.3 Å². The Morgan fingerprint density at radius 3 is 2.90 bits per heavy atom. The Morgan fingerprint density at radius 2 is 2.14 bits per heavy atom. The number of rotatable bonds is 5. The first-order chi connectivity index (χ1) is 10.1. The Bertz CT molecular complexity index is 872. The third kappa shape index (κ3) is 3.00. The number of nitrogens with zero attached hydrogens (tertiary/aromatic N) is 3. The number of hydrogen-bond donors (Lipinski definition) is 1. The van der Waals surface area contributed by atoms with Crippen LogP contribution in [0.3, 0.4) is 0 Å². The zero-order chi connectivity index (χ0) is 14.9. The molecule has 0 spiro atoms. The van der Waals surface area contributed by atoms with Gasteiger partial charge in [0.2, 0.25) is 0 Å². The Kier molecular flexibility index (Phi) is 4.07. The van der Waals surface area contributed by atoms with Crippen molar-refractivity contribution in [1.82, 2.24) is 19.3 Å². The fourth-order valence-corrected chi connectivity index (χ4v) is 5.31. The summed E-state index contributed by atoms with van der Waals surface area (Å²) in [7, 11) is -3.49. The zero-order valence-corrected chi connectivity index (χ0v) is 13.9. The number of sulfonamides is 1. The molecule has 0 fully saturated rings. The van der Waals surface area contributed by atoms with E-state index >= 15 is 0 Å². The van der Waals surface area contributed by atoms with Crippen molar-refractivity contribution in [2.24, 2.45) is 0 Å². The highest BCUT2D eigenvalue weighted by molar-refractivity contribution is 9.10. The topological polar surface area (TPSA) is 76.4 Å². The lowest BCUT2D eigenvalue weighted by molar-refractivity contribution is 0.582. The van der Waals surface area contributed by atoms with Gasteiger partial charge in [0, 0.05) is 23.6 Å². The van der Waals surface area contributed by atoms with E-state index in [9.17, 15) is 8.42 Å². The summed E-state index contributed by atoms with van der Waals surface area (Å²) in [6.07, 6.45) is 2.32. The first kappa shape index (κ1) is 14.6. The van der Waals surface area contributed by atoms with Crippen LogP contribution in [0.15, 0.2) is 44.5 Å². The highest BCUT2D eigenvalue weighted by Crippen LogP contribution is 2.27. The molecule has 0 saturated heterocycles. The molecule has 3 aromatic rings. The molecule has 6 nitrogen and oxygen atoms in total. The summed E-state index contributed by atoms with van der Waals surface area (Å²) in [5.74, 6) is 0.721. The van der Waals surface area contributed by atoms with E-state index in [2.05, 4.69) is 30.8 Å². The normalized spacial score (nSPS) is 12.0. The average molecular weight is 387 g/mol. The molecule has 9 heteroatoms. The van der Waals surface area contributed by atoms with Gasteiger partial charge in [-0.2, -0.15) is 0 Å². The molecule has 0 bridgehead atoms. The van der Waals surface area contributed by atoms with Crippen molar-refractivity contribution in [3.63, 3.8) is 0 Å². The third-order valence-corrected chi connectivity index (χ3v) is 6.98. The van der Waals surface area contributed by atoms with Crippen molar-refractivity contribution in [3.8, 4) is 0 Å². The van der Waals surface area contributed by atoms with Gasteiger partial charge in [-0.15, -0.1) is 21.5 Å². The van der Waals surface area contributed by atoms with Crippen molar-refractivity contribution >= 4 is 42.9 Å². The Balaban J connectivity index is 1.70. The van der Waals surface area contributed by atoms with Crippen molar-refractivity contribution in [1.29, 1.82) is 0 Å². The molecule has 0 saturated carbocycles. The van der Waals surface area contributed by atoms with Gasteiger partial charge in [0.05, 0.1) is 0 Å². The second-order valence-corrected chi connectivity index (χ2v) is 7.98. The van der Waals surface area contributed by atoms with E-state index in [0.717, 1.165) is 11.5 Å². The molecule has 0 radical (unpaired) electrons. The van der Waals surface area contributed by atoms with Crippen LogP contribution >= 0.6 is 27.3 Å². The largest absolute Gasteiger partial charge is 0.286 e. The third-order valence-electron chi connectivity index (χ3n) is 2.85. The summed E-state index contributed by atoms with van der Waals surface area (Å²) in [5, 5.41) is 9.82. The molecule has 0 aliphatic carbocycles. The smallest absolute Gasteiger partial charge is 0.251 e. The molecule has 21 heavy (non-hydrogen) atoms. The Morgan fingerprint density at radius 1 is 1.29 bits per heavy atom. The number of fused-ring (bicyclic) bond motifs is 1. The molecule has 0 aromatic carbocycles. The van der Waals surface area contributed by atoms with Crippen LogP contribution in [0.2, 0.25) is 0 Å². The van der Waals surface area contributed by atoms with Gasteiger partial charge in [-0.3, -0.25) is 4.40 Å². The van der Waals surface area contributed by atoms with E-state index in [4.69, 9.17) is 0 Å². The second-order valence-electron chi connectivity index (χ2n) is 4.25. The SMILES string of the molecule is O=S(=O)(NCCc1nnc2ccccn12)c1sccc1Br. The van der Waals surface area contributed by atoms with E-state index in [1.54, 1.807) is 11.4 Å². The molecule has 0 atom stereocenters.